The van der Waals surface area contributed by atoms with Crippen LogP contribution in [0.1, 0.15) is 104 Å². The van der Waals surface area contributed by atoms with Crippen LogP contribution >= 0.6 is 0 Å². The van der Waals surface area contributed by atoms with Gasteiger partial charge in [-0.25, -0.2) is 0 Å². The summed E-state index contributed by atoms with van der Waals surface area (Å²) < 4.78 is 5.35. The van der Waals surface area contributed by atoms with E-state index in [4.69, 9.17) is 25.2 Å². The number of carbonyl (C=O) groups is 2. The maximum Gasteiger partial charge on any atom is 0.311 e. The number of methoxy groups -OCH3 is 1. The molecule has 0 amide bonds. The van der Waals surface area contributed by atoms with E-state index < -0.39 is 28.9 Å². The second kappa shape index (κ2) is 21.3. The number of aliphatic hydroxyl groups is 3. The molecule has 5 N–H and O–H groups in total. The van der Waals surface area contributed by atoms with Crippen molar-refractivity contribution in [3.8, 4) is 5.75 Å². The second-order valence-electron chi connectivity index (χ2n) is 13.4. The van der Waals surface area contributed by atoms with Crippen LogP contribution in [0, 0.1) is 22.7 Å². The number of carboxylic acids is 2. The Morgan fingerprint density at radius 1 is 1.02 bits per heavy atom. The van der Waals surface area contributed by atoms with Crippen molar-refractivity contribution in [2.24, 2.45) is 22.7 Å². The van der Waals surface area contributed by atoms with E-state index >= 15 is 0 Å². The van der Waals surface area contributed by atoms with Crippen LogP contribution in [0.15, 0.2) is 43.1 Å². The number of aromatic nitrogens is 1. The minimum absolute atomic E-state index is 0. The van der Waals surface area contributed by atoms with Crippen LogP contribution in [0.4, 0.5) is 0 Å². The number of unbranched alkanes of at least 4 members (excludes halogenated alkanes) is 2. The summed E-state index contributed by atoms with van der Waals surface area (Å²) in [4.78, 5) is 28.5. The molecule has 273 valence electrons. The Hall–Kier alpha value is -2.99. The minimum Gasteiger partial charge on any atom is -0.497 e. The molecule has 3 saturated heterocycles. The van der Waals surface area contributed by atoms with Gasteiger partial charge in [0, 0.05) is 32.6 Å². The average Bonchev–Trinajstić information content (AvgIpc) is 3.12. The molecule has 1 aromatic heterocycles. The molecule has 3 fully saturated rings. The summed E-state index contributed by atoms with van der Waals surface area (Å²) in [5, 5.41) is 47.9. The lowest BCUT2D eigenvalue weighted by atomic mass is 9.73. The van der Waals surface area contributed by atoms with Crippen molar-refractivity contribution in [3.05, 3.63) is 48.7 Å². The SMILES string of the molecule is C=CC1CN2CCC1CC2[C@@H](O)c1ccnc2ccc(OC)cc12.CCCC[C@](CC)(CO)C(=O)O.CCCC[C@](CC)(CO)C(=O)O.[B]. The number of nitrogens with zero attached hydrogens (tertiary/aromatic N) is 2. The number of aliphatic carboxylic acids is 2. The lowest BCUT2D eigenvalue weighted by Gasteiger charge is -2.50. The molecule has 5 rings (SSSR count). The molecular formula is C38H60BN2O8. The Morgan fingerprint density at radius 3 is 2.00 bits per heavy atom. The van der Waals surface area contributed by atoms with Gasteiger partial charge < -0.3 is 30.3 Å². The third-order valence-corrected chi connectivity index (χ3v) is 10.7. The van der Waals surface area contributed by atoms with Gasteiger partial charge in [0.15, 0.2) is 0 Å². The summed E-state index contributed by atoms with van der Waals surface area (Å²) in [5.41, 5.74) is 0.0605. The van der Waals surface area contributed by atoms with Gasteiger partial charge in [-0.15, -0.1) is 6.58 Å². The fraction of sp³-hybridized carbons (Fsp3) is 0.658. The van der Waals surface area contributed by atoms with E-state index in [0.717, 1.165) is 67.4 Å². The predicted molar refractivity (Wildman–Crippen MR) is 195 cm³/mol. The van der Waals surface area contributed by atoms with Crippen molar-refractivity contribution in [1.29, 1.82) is 0 Å². The number of pyridine rings is 1. The normalized spacial score (nSPS) is 22.4. The Balaban J connectivity index is 0.000000410. The maximum absolute atomic E-state index is 11.2. The van der Waals surface area contributed by atoms with Crippen molar-refractivity contribution >= 4 is 31.3 Å². The Labute approximate surface area is 295 Å². The van der Waals surface area contributed by atoms with Crippen LogP contribution < -0.4 is 4.74 Å². The smallest absolute Gasteiger partial charge is 0.311 e. The zero-order valence-electron chi connectivity index (χ0n) is 30.3. The number of piperidine rings is 3. The summed E-state index contributed by atoms with van der Waals surface area (Å²) in [5.74, 6) is 0.259. The van der Waals surface area contributed by atoms with E-state index in [2.05, 4.69) is 22.5 Å². The zero-order chi connectivity index (χ0) is 35.9. The molecule has 4 heterocycles. The summed E-state index contributed by atoms with van der Waals surface area (Å²) in [6.07, 6.45) is 11.4. The van der Waals surface area contributed by atoms with Crippen LogP contribution in [-0.2, 0) is 9.59 Å². The molecule has 11 heteroatoms. The number of hydrogen-bond donors (Lipinski definition) is 5. The Morgan fingerprint density at radius 2 is 1.59 bits per heavy atom. The Bertz CT molecular complexity index is 1270. The number of ether oxygens (including phenoxy) is 1. The first-order chi connectivity index (χ1) is 23.0. The Kier molecular flexibility index (Phi) is 19.1. The molecule has 7 atom stereocenters. The van der Waals surface area contributed by atoms with Crippen LogP contribution in [0.3, 0.4) is 0 Å². The molecular weight excluding hydrogens is 623 g/mol. The van der Waals surface area contributed by atoms with Gasteiger partial charge >= 0.3 is 11.9 Å². The molecule has 4 unspecified atom stereocenters. The molecule has 3 aliphatic rings. The van der Waals surface area contributed by atoms with E-state index in [9.17, 15) is 14.7 Å². The lowest BCUT2D eigenvalue weighted by Crippen LogP contribution is -2.54. The number of benzene rings is 1. The quantitative estimate of drug-likeness (QED) is 0.103. The fourth-order valence-electron chi connectivity index (χ4n) is 6.86. The first kappa shape index (κ1) is 44.0. The third kappa shape index (κ3) is 11.0. The molecule has 1 aromatic carbocycles. The molecule has 3 radical (unpaired) electrons. The summed E-state index contributed by atoms with van der Waals surface area (Å²) in [6, 6.07) is 7.96. The molecule has 0 aliphatic carbocycles. The van der Waals surface area contributed by atoms with E-state index in [-0.39, 0.29) is 27.7 Å². The molecule has 0 saturated carbocycles. The van der Waals surface area contributed by atoms with Gasteiger partial charge in [0.05, 0.1) is 42.8 Å². The van der Waals surface area contributed by atoms with Crippen molar-refractivity contribution in [2.45, 2.75) is 104 Å². The highest BCUT2D eigenvalue weighted by atomic mass is 16.5. The molecule has 3 aliphatic heterocycles. The number of carboxylic acid groups (broad SMARTS) is 2. The highest BCUT2D eigenvalue weighted by Gasteiger charge is 2.42. The number of rotatable bonds is 16. The predicted octanol–water partition coefficient (Wildman–Crippen LogP) is 6.09. The minimum atomic E-state index is -0.893. The van der Waals surface area contributed by atoms with Crippen LogP contribution in [0.25, 0.3) is 10.9 Å². The maximum atomic E-state index is 11.2. The summed E-state index contributed by atoms with van der Waals surface area (Å²) in [7, 11) is 1.66. The molecule has 2 aromatic rings. The van der Waals surface area contributed by atoms with Crippen molar-refractivity contribution in [3.63, 3.8) is 0 Å². The zero-order valence-corrected chi connectivity index (χ0v) is 30.3. The average molecular weight is 684 g/mol. The van der Waals surface area contributed by atoms with Crippen LogP contribution in [0.5, 0.6) is 5.75 Å². The van der Waals surface area contributed by atoms with Crippen molar-refractivity contribution < 1.29 is 39.9 Å². The standard InChI is InChI=1S/C20H24N2O2.2C9H18O3.B/c1-3-13-12-22-9-7-14(13)10-19(22)20(23)16-6-8-21-18-5-4-15(24-2)11-17(16)18;2*1-3-5-6-9(4-2,7-10)8(11)12;/h3-6,8,11,13-14,19-20,23H,1,7,9-10,12H2,2H3;2*10H,3-7H2,1-2H3,(H,11,12);/t13?,14?,19?,20-;2*9-;/m011./s1. The molecule has 49 heavy (non-hydrogen) atoms. The van der Waals surface area contributed by atoms with Crippen molar-refractivity contribution in [2.75, 3.05) is 33.4 Å². The van der Waals surface area contributed by atoms with Gasteiger partial charge in [-0.05, 0) is 86.7 Å². The molecule has 10 nitrogen and oxygen atoms in total. The second-order valence-corrected chi connectivity index (χ2v) is 13.4. The van der Waals surface area contributed by atoms with Gasteiger partial charge in [-0.2, -0.15) is 0 Å². The first-order valence-electron chi connectivity index (χ1n) is 17.6. The number of hydrogen-bond acceptors (Lipinski definition) is 8. The summed E-state index contributed by atoms with van der Waals surface area (Å²) in [6.45, 7) is 13.2. The largest absolute Gasteiger partial charge is 0.497 e. The fourth-order valence-corrected chi connectivity index (χ4v) is 6.86. The highest BCUT2D eigenvalue weighted by Crippen LogP contribution is 2.42. The van der Waals surface area contributed by atoms with E-state index in [1.807, 2.05) is 38.1 Å². The number of aliphatic hydroxyl groups excluding tert-OH is 3. The monoisotopic (exact) mass is 683 g/mol. The van der Waals surface area contributed by atoms with Crippen LogP contribution in [-0.4, -0.2) is 95.2 Å². The van der Waals surface area contributed by atoms with E-state index in [1.165, 1.54) is 6.42 Å². The van der Waals surface area contributed by atoms with Crippen molar-refractivity contribution in [1.82, 2.24) is 9.88 Å². The van der Waals surface area contributed by atoms with Crippen LogP contribution in [0.2, 0.25) is 0 Å². The highest BCUT2D eigenvalue weighted by molar-refractivity contribution is 5.84. The first-order valence-corrected chi connectivity index (χ1v) is 17.6. The van der Waals surface area contributed by atoms with Gasteiger partial charge in [-0.3, -0.25) is 19.5 Å². The van der Waals surface area contributed by atoms with Gasteiger partial charge in [0.25, 0.3) is 0 Å². The van der Waals surface area contributed by atoms with E-state index in [1.54, 1.807) is 27.2 Å². The summed E-state index contributed by atoms with van der Waals surface area (Å²) >= 11 is 0. The van der Waals surface area contributed by atoms with E-state index in [0.29, 0.717) is 37.5 Å². The van der Waals surface area contributed by atoms with Gasteiger partial charge in [0.1, 0.15) is 5.75 Å². The van der Waals surface area contributed by atoms with Gasteiger partial charge in [0.2, 0.25) is 0 Å². The third-order valence-electron chi connectivity index (χ3n) is 10.7. The molecule has 0 spiro atoms. The number of fused-ring (bicyclic) bond motifs is 4. The molecule has 2 bridgehead atoms. The topological polar surface area (TPSA) is 161 Å². The lowest BCUT2D eigenvalue weighted by molar-refractivity contribution is -0.153. The van der Waals surface area contributed by atoms with Gasteiger partial charge in [-0.1, -0.05) is 59.5 Å².